The van der Waals surface area contributed by atoms with Crippen molar-refractivity contribution in [3.05, 3.63) is 29.0 Å². The zero-order valence-electron chi connectivity index (χ0n) is 11.0. The van der Waals surface area contributed by atoms with Crippen LogP contribution < -0.4 is 5.32 Å². The first-order chi connectivity index (χ1) is 8.89. The van der Waals surface area contributed by atoms with E-state index < -0.39 is 11.4 Å². The number of carbonyl (C=O) groups is 1. The van der Waals surface area contributed by atoms with E-state index >= 15 is 0 Å². The van der Waals surface area contributed by atoms with Crippen LogP contribution in [0.5, 0.6) is 0 Å². The van der Waals surface area contributed by atoms with Crippen LogP contribution in [0, 0.1) is 0 Å². The number of hydrogen-bond acceptors (Lipinski definition) is 5. The summed E-state index contributed by atoms with van der Waals surface area (Å²) >= 11 is 1.40. The number of carboxylic acids is 1. The lowest BCUT2D eigenvalue weighted by Gasteiger charge is -2.15. The number of anilines is 1. The lowest BCUT2D eigenvalue weighted by Crippen LogP contribution is -2.28. The van der Waals surface area contributed by atoms with E-state index in [0.29, 0.717) is 17.4 Å². The van der Waals surface area contributed by atoms with Crippen molar-refractivity contribution in [1.82, 2.24) is 14.8 Å². The number of nitrogens with one attached hydrogen (secondary N) is 1. The third-order valence-corrected chi connectivity index (χ3v) is 3.67. The van der Waals surface area contributed by atoms with Crippen LogP contribution in [0.2, 0.25) is 0 Å². The molecule has 0 radical (unpaired) electrons. The Morgan fingerprint density at radius 3 is 2.89 bits per heavy atom. The van der Waals surface area contributed by atoms with Gasteiger partial charge in [0.1, 0.15) is 5.41 Å². The second-order valence-electron chi connectivity index (χ2n) is 4.80. The SMILES string of the molecule is Cn1ccc(CNc2nc(C(C)(C)C(=O)O)cs2)n1. The molecule has 0 unspecified atom stereocenters. The number of rotatable bonds is 5. The number of aromatic nitrogens is 3. The highest BCUT2D eigenvalue weighted by Crippen LogP contribution is 2.27. The molecule has 0 aliphatic rings. The molecule has 0 aliphatic heterocycles. The Bertz CT molecular complexity index is 588. The summed E-state index contributed by atoms with van der Waals surface area (Å²) in [5.41, 5.74) is 0.506. The van der Waals surface area contributed by atoms with Gasteiger partial charge < -0.3 is 10.4 Å². The van der Waals surface area contributed by atoms with Gasteiger partial charge in [-0.1, -0.05) is 0 Å². The predicted octanol–water partition coefficient (Wildman–Crippen LogP) is 1.85. The summed E-state index contributed by atoms with van der Waals surface area (Å²) in [4.78, 5) is 15.5. The molecule has 0 aliphatic carbocycles. The van der Waals surface area contributed by atoms with Crippen molar-refractivity contribution >= 4 is 22.4 Å². The van der Waals surface area contributed by atoms with Crippen LogP contribution in [-0.4, -0.2) is 25.8 Å². The van der Waals surface area contributed by atoms with Gasteiger partial charge in [-0.2, -0.15) is 5.10 Å². The number of aryl methyl sites for hydroxylation is 1. The van der Waals surface area contributed by atoms with E-state index in [1.807, 2.05) is 19.3 Å². The largest absolute Gasteiger partial charge is 0.481 e. The number of aliphatic carboxylic acids is 1. The van der Waals surface area contributed by atoms with E-state index in [1.54, 1.807) is 23.9 Å². The van der Waals surface area contributed by atoms with Gasteiger partial charge in [0.15, 0.2) is 5.13 Å². The van der Waals surface area contributed by atoms with E-state index in [-0.39, 0.29) is 0 Å². The first kappa shape index (κ1) is 13.5. The summed E-state index contributed by atoms with van der Waals surface area (Å²) < 4.78 is 1.73. The molecule has 0 fully saturated rings. The zero-order chi connectivity index (χ0) is 14.0. The summed E-state index contributed by atoms with van der Waals surface area (Å²) in [7, 11) is 1.86. The molecule has 2 rings (SSSR count). The fourth-order valence-electron chi connectivity index (χ4n) is 1.48. The zero-order valence-corrected chi connectivity index (χ0v) is 11.9. The Hall–Kier alpha value is -1.89. The topological polar surface area (TPSA) is 80.0 Å². The highest BCUT2D eigenvalue weighted by atomic mass is 32.1. The molecule has 0 saturated heterocycles. The molecule has 7 heteroatoms. The van der Waals surface area contributed by atoms with Gasteiger partial charge in [-0.15, -0.1) is 11.3 Å². The number of carboxylic acid groups (broad SMARTS) is 1. The van der Waals surface area contributed by atoms with Crippen molar-refractivity contribution in [2.75, 3.05) is 5.32 Å². The van der Waals surface area contributed by atoms with Crippen LogP contribution in [0.15, 0.2) is 17.6 Å². The van der Waals surface area contributed by atoms with Gasteiger partial charge in [0.25, 0.3) is 0 Å². The van der Waals surface area contributed by atoms with E-state index in [0.717, 1.165) is 5.69 Å². The smallest absolute Gasteiger partial charge is 0.315 e. The van der Waals surface area contributed by atoms with Crippen molar-refractivity contribution in [2.24, 2.45) is 7.05 Å². The standard InChI is InChI=1S/C12H16N4O2S/c1-12(2,10(17)18)9-7-19-11(14-9)13-6-8-4-5-16(3)15-8/h4-5,7H,6H2,1-3H3,(H,13,14)(H,17,18). The van der Waals surface area contributed by atoms with Crippen molar-refractivity contribution in [3.63, 3.8) is 0 Å². The van der Waals surface area contributed by atoms with Gasteiger partial charge in [-0.25, -0.2) is 4.98 Å². The van der Waals surface area contributed by atoms with Crippen molar-refractivity contribution in [2.45, 2.75) is 25.8 Å². The molecule has 0 atom stereocenters. The van der Waals surface area contributed by atoms with E-state index in [9.17, 15) is 4.79 Å². The molecule has 2 aromatic rings. The predicted molar refractivity (Wildman–Crippen MR) is 73.3 cm³/mol. The molecule has 2 N–H and O–H groups in total. The maximum absolute atomic E-state index is 11.1. The Morgan fingerprint density at radius 2 is 2.32 bits per heavy atom. The Labute approximate surface area is 115 Å². The molecule has 0 spiro atoms. The van der Waals surface area contributed by atoms with Gasteiger partial charge in [0.2, 0.25) is 0 Å². The second-order valence-corrected chi connectivity index (χ2v) is 5.66. The molecular formula is C12H16N4O2S. The first-order valence-electron chi connectivity index (χ1n) is 5.81. The van der Waals surface area contributed by atoms with E-state index in [2.05, 4.69) is 15.4 Å². The minimum Gasteiger partial charge on any atom is -0.481 e. The minimum atomic E-state index is -0.971. The van der Waals surface area contributed by atoms with Crippen LogP contribution in [0.25, 0.3) is 0 Å². The molecule has 0 amide bonds. The Kier molecular flexibility index (Phi) is 3.57. The van der Waals surface area contributed by atoms with Crippen LogP contribution in [0.3, 0.4) is 0 Å². The average Bonchev–Trinajstić information content (AvgIpc) is 2.95. The summed E-state index contributed by atoms with van der Waals surface area (Å²) in [6.07, 6.45) is 1.87. The third kappa shape index (κ3) is 2.93. The number of hydrogen-bond donors (Lipinski definition) is 2. The van der Waals surface area contributed by atoms with Gasteiger partial charge in [-0.3, -0.25) is 9.48 Å². The van der Waals surface area contributed by atoms with Crippen molar-refractivity contribution in [3.8, 4) is 0 Å². The van der Waals surface area contributed by atoms with Crippen molar-refractivity contribution < 1.29 is 9.90 Å². The van der Waals surface area contributed by atoms with Crippen LogP contribution in [0.4, 0.5) is 5.13 Å². The molecule has 0 aromatic carbocycles. The summed E-state index contributed by atoms with van der Waals surface area (Å²) in [6.45, 7) is 3.86. The van der Waals surface area contributed by atoms with E-state index in [1.165, 1.54) is 11.3 Å². The average molecular weight is 280 g/mol. The highest BCUT2D eigenvalue weighted by Gasteiger charge is 2.32. The fraction of sp³-hybridized carbons (Fsp3) is 0.417. The van der Waals surface area contributed by atoms with Gasteiger partial charge in [-0.05, 0) is 19.9 Å². The maximum atomic E-state index is 11.1. The minimum absolute atomic E-state index is 0.563. The number of thiazole rings is 1. The second kappa shape index (κ2) is 5.00. The van der Waals surface area contributed by atoms with Crippen LogP contribution in [0.1, 0.15) is 25.2 Å². The molecule has 102 valence electrons. The molecule has 19 heavy (non-hydrogen) atoms. The Morgan fingerprint density at radius 1 is 1.58 bits per heavy atom. The third-order valence-electron chi connectivity index (χ3n) is 2.87. The highest BCUT2D eigenvalue weighted by molar-refractivity contribution is 7.13. The molecular weight excluding hydrogens is 264 g/mol. The first-order valence-corrected chi connectivity index (χ1v) is 6.69. The summed E-state index contributed by atoms with van der Waals surface area (Å²) in [5, 5.41) is 19.0. The molecule has 0 saturated carbocycles. The van der Waals surface area contributed by atoms with E-state index in [4.69, 9.17) is 5.11 Å². The molecule has 2 heterocycles. The maximum Gasteiger partial charge on any atom is 0.315 e. The van der Waals surface area contributed by atoms with Crippen LogP contribution >= 0.6 is 11.3 Å². The molecule has 0 bridgehead atoms. The fourth-order valence-corrected chi connectivity index (χ4v) is 2.35. The molecule has 6 nitrogen and oxygen atoms in total. The Balaban J connectivity index is 2.03. The molecule has 2 aromatic heterocycles. The lowest BCUT2D eigenvalue weighted by atomic mass is 9.90. The van der Waals surface area contributed by atoms with Crippen molar-refractivity contribution in [1.29, 1.82) is 0 Å². The van der Waals surface area contributed by atoms with Gasteiger partial charge in [0, 0.05) is 18.6 Å². The lowest BCUT2D eigenvalue weighted by molar-refractivity contribution is -0.142. The summed E-state index contributed by atoms with van der Waals surface area (Å²) in [6, 6.07) is 1.92. The summed E-state index contributed by atoms with van der Waals surface area (Å²) in [5.74, 6) is -0.880. The number of nitrogens with zero attached hydrogens (tertiary/aromatic N) is 3. The normalized spacial score (nSPS) is 11.5. The van der Waals surface area contributed by atoms with Gasteiger partial charge >= 0.3 is 5.97 Å². The quantitative estimate of drug-likeness (QED) is 0.873. The van der Waals surface area contributed by atoms with Crippen LogP contribution in [-0.2, 0) is 23.8 Å². The monoisotopic (exact) mass is 280 g/mol. The van der Waals surface area contributed by atoms with Gasteiger partial charge in [0.05, 0.1) is 17.9 Å².